The largest absolute Gasteiger partial charge is 0.389 e. The molecule has 0 aliphatic carbocycles. The van der Waals surface area contributed by atoms with Crippen molar-refractivity contribution in [1.82, 2.24) is 25.5 Å². The van der Waals surface area contributed by atoms with Crippen molar-refractivity contribution in [3.8, 4) is 0 Å². The number of aromatic nitrogens is 4. The lowest BCUT2D eigenvalue weighted by molar-refractivity contribution is 0.0538. The number of rotatable bonds is 6. The smallest absolute Gasteiger partial charge is 0.287 e. The van der Waals surface area contributed by atoms with Gasteiger partial charge in [-0.25, -0.2) is 4.98 Å². The average molecular weight is 401 g/mol. The molecule has 2 atom stereocenters. The van der Waals surface area contributed by atoms with E-state index < -0.39 is 0 Å². The Morgan fingerprint density at radius 3 is 2.96 bits per heavy atom. The molecule has 3 heterocycles. The van der Waals surface area contributed by atoms with E-state index in [9.17, 15) is 4.79 Å². The highest BCUT2D eigenvalue weighted by Crippen LogP contribution is 2.25. The molecule has 1 aliphatic heterocycles. The van der Waals surface area contributed by atoms with E-state index in [1.807, 2.05) is 11.8 Å². The fourth-order valence-corrected chi connectivity index (χ4v) is 3.90. The van der Waals surface area contributed by atoms with Crippen LogP contribution in [0.25, 0.3) is 0 Å². The van der Waals surface area contributed by atoms with E-state index in [0.717, 1.165) is 10.8 Å². The number of H-pyrrole nitrogens is 1. The molecule has 26 heavy (non-hydrogen) atoms. The summed E-state index contributed by atoms with van der Waals surface area (Å²) in [4.78, 5) is 21.5. The zero-order valence-corrected chi connectivity index (χ0v) is 16.1. The zero-order chi connectivity index (χ0) is 18.7. The predicted octanol–water partition coefficient (Wildman–Crippen LogP) is 0.993. The van der Waals surface area contributed by atoms with Crippen LogP contribution in [0.1, 0.15) is 34.7 Å². The van der Waals surface area contributed by atoms with Gasteiger partial charge >= 0.3 is 0 Å². The van der Waals surface area contributed by atoms with Crippen LogP contribution in [-0.4, -0.2) is 63.5 Å². The van der Waals surface area contributed by atoms with Gasteiger partial charge in [-0.2, -0.15) is 0 Å². The molecule has 1 fully saturated rings. The summed E-state index contributed by atoms with van der Waals surface area (Å²) < 4.78 is 5.57. The molecule has 1 saturated heterocycles. The number of anilines is 1. The van der Waals surface area contributed by atoms with Crippen LogP contribution < -0.4 is 10.2 Å². The summed E-state index contributed by atoms with van der Waals surface area (Å²) in [7, 11) is 1.62. The van der Waals surface area contributed by atoms with Crippen molar-refractivity contribution in [2.24, 2.45) is 0 Å². The number of halogens is 1. The molecule has 0 aromatic carbocycles. The van der Waals surface area contributed by atoms with Crippen LogP contribution in [0.5, 0.6) is 0 Å². The van der Waals surface area contributed by atoms with Gasteiger partial charge in [-0.05, 0) is 12.8 Å². The van der Waals surface area contributed by atoms with Gasteiger partial charge in [0.2, 0.25) is 5.13 Å². The average Bonchev–Trinajstić information content (AvgIpc) is 3.28. The maximum Gasteiger partial charge on any atom is 0.287 e. The number of ether oxygens (including phenoxy) is 1. The van der Waals surface area contributed by atoms with Crippen LogP contribution >= 0.6 is 22.9 Å². The normalized spacial score (nSPS) is 20.4. The first-order valence-electron chi connectivity index (χ1n) is 8.31. The number of imidazole rings is 1. The number of piperidine rings is 1. The van der Waals surface area contributed by atoms with Gasteiger partial charge < -0.3 is 25.0 Å². The Morgan fingerprint density at radius 2 is 2.35 bits per heavy atom. The number of nitrogens with zero attached hydrogens (tertiary/aromatic N) is 4. The molecule has 1 aliphatic rings. The number of aliphatic hydroxyl groups is 1. The molecule has 0 radical (unpaired) electrons. The number of hydrogen-bond donors (Lipinski definition) is 3. The van der Waals surface area contributed by atoms with Gasteiger partial charge in [0, 0.05) is 20.2 Å². The van der Waals surface area contributed by atoms with Gasteiger partial charge in [-0.15, -0.1) is 10.2 Å². The quantitative estimate of drug-likeness (QED) is 0.662. The summed E-state index contributed by atoms with van der Waals surface area (Å²) in [6, 6.07) is -0.150. The molecule has 0 saturated carbocycles. The number of amides is 1. The Labute approximate surface area is 159 Å². The van der Waals surface area contributed by atoms with Crippen molar-refractivity contribution in [2.45, 2.75) is 38.5 Å². The van der Waals surface area contributed by atoms with Crippen molar-refractivity contribution >= 4 is 34.0 Å². The molecule has 3 rings (SSSR count). The van der Waals surface area contributed by atoms with Gasteiger partial charge in [0.15, 0.2) is 11.0 Å². The number of carbonyl (C=O) groups is 1. The molecule has 11 heteroatoms. The number of nitrogens with one attached hydrogen (secondary N) is 2. The minimum absolute atomic E-state index is 0.122. The van der Waals surface area contributed by atoms with Crippen LogP contribution in [0.4, 0.5) is 5.13 Å². The molecule has 142 valence electrons. The zero-order valence-electron chi connectivity index (χ0n) is 14.5. The molecule has 3 N–H and O–H groups in total. The summed E-state index contributed by atoms with van der Waals surface area (Å²) in [5.41, 5.74) is 0.742. The third-order valence-electron chi connectivity index (χ3n) is 4.34. The van der Waals surface area contributed by atoms with Crippen LogP contribution in [-0.2, 0) is 17.8 Å². The first kappa shape index (κ1) is 19.0. The van der Waals surface area contributed by atoms with Gasteiger partial charge in [-0.1, -0.05) is 29.9 Å². The summed E-state index contributed by atoms with van der Waals surface area (Å²) in [5, 5.41) is 21.8. The Hall–Kier alpha value is -1.75. The molecular formula is C15H21ClN6O3S. The fourth-order valence-electron chi connectivity index (χ4n) is 2.90. The minimum Gasteiger partial charge on any atom is -0.389 e. The van der Waals surface area contributed by atoms with Crippen molar-refractivity contribution in [3.05, 3.63) is 21.7 Å². The van der Waals surface area contributed by atoms with Crippen LogP contribution in [0.15, 0.2) is 0 Å². The Balaban J connectivity index is 1.64. The highest BCUT2D eigenvalue weighted by Gasteiger charge is 2.32. The highest BCUT2D eigenvalue weighted by atomic mass is 35.5. The number of aryl methyl sites for hydroxylation is 1. The SMILES string of the molecule is CCc1[nH]c(C(=O)N[C@@H]2CCN(c3nnc(CO)s3)C[C@@H]2OC)nc1Cl. The lowest BCUT2D eigenvalue weighted by atomic mass is 10.0. The first-order valence-corrected chi connectivity index (χ1v) is 9.51. The van der Waals surface area contributed by atoms with Crippen molar-refractivity contribution in [1.29, 1.82) is 0 Å². The van der Waals surface area contributed by atoms with E-state index in [4.69, 9.17) is 21.4 Å². The second-order valence-electron chi connectivity index (χ2n) is 5.93. The molecule has 9 nitrogen and oxygen atoms in total. The summed E-state index contributed by atoms with van der Waals surface area (Å²) in [6.07, 6.45) is 1.16. The second kappa shape index (κ2) is 8.30. The number of methoxy groups -OCH3 is 1. The maximum absolute atomic E-state index is 12.5. The van der Waals surface area contributed by atoms with Crippen molar-refractivity contribution in [3.63, 3.8) is 0 Å². The fraction of sp³-hybridized carbons (Fsp3) is 0.600. The lowest BCUT2D eigenvalue weighted by Gasteiger charge is -2.37. The Kier molecular flexibility index (Phi) is 6.07. The number of aromatic amines is 1. The lowest BCUT2D eigenvalue weighted by Crippen LogP contribution is -2.55. The summed E-state index contributed by atoms with van der Waals surface area (Å²) >= 11 is 7.36. The third kappa shape index (κ3) is 3.98. The van der Waals surface area contributed by atoms with E-state index in [1.165, 1.54) is 11.3 Å². The van der Waals surface area contributed by atoms with Gasteiger partial charge in [0.1, 0.15) is 5.01 Å². The Bertz CT molecular complexity index is 766. The number of hydrogen-bond acceptors (Lipinski definition) is 8. The van der Waals surface area contributed by atoms with Gasteiger partial charge in [0.25, 0.3) is 5.91 Å². The molecular weight excluding hydrogens is 380 g/mol. The molecule has 2 aromatic rings. The first-order chi connectivity index (χ1) is 12.5. The van der Waals surface area contributed by atoms with E-state index in [1.54, 1.807) is 7.11 Å². The van der Waals surface area contributed by atoms with E-state index in [0.29, 0.717) is 36.1 Å². The van der Waals surface area contributed by atoms with Crippen LogP contribution in [0.2, 0.25) is 5.15 Å². The monoisotopic (exact) mass is 400 g/mol. The predicted molar refractivity (Wildman–Crippen MR) is 97.7 cm³/mol. The van der Waals surface area contributed by atoms with Crippen molar-refractivity contribution in [2.75, 3.05) is 25.1 Å². The van der Waals surface area contributed by atoms with Gasteiger partial charge in [0.05, 0.1) is 24.4 Å². The molecule has 0 bridgehead atoms. The minimum atomic E-state index is -0.300. The molecule has 2 aromatic heterocycles. The highest BCUT2D eigenvalue weighted by molar-refractivity contribution is 7.15. The van der Waals surface area contributed by atoms with E-state index in [-0.39, 0.29) is 30.5 Å². The maximum atomic E-state index is 12.5. The number of carbonyl (C=O) groups excluding carboxylic acids is 1. The van der Waals surface area contributed by atoms with E-state index >= 15 is 0 Å². The third-order valence-corrected chi connectivity index (χ3v) is 5.62. The molecule has 1 amide bonds. The van der Waals surface area contributed by atoms with Gasteiger partial charge in [-0.3, -0.25) is 4.79 Å². The summed E-state index contributed by atoms with van der Waals surface area (Å²) in [6.45, 7) is 3.08. The number of aliphatic hydroxyl groups excluding tert-OH is 1. The standard InChI is InChI=1S/C15H21ClN6O3S/c1-3-8-12(16)19-13(17-8)14(24)18-9-4-5-22(6-10(9)25-2)15-21-20-11(7-23)26-15/h9-10,23H,3-7H2,1-2H3,(H,17,19)(H,18,24)/t9-,10+/m1/s1. The topological polar surface area (TPSA) is 116 Å². The molecule has 0 unspecified atom stereocenters. The van der Waals surface area contributed by atoms with Crippen LogP contribution in [0, 0.1) is 0 Å². The Morgan fingerprint density at radius 1 is 1.54 bits per heavy atom. The van der Waals surface area contributed by atoms with Crippen molar-refractivity contribution < 1.29 is 14.6 Å². The van der Waals surface area contributed by atoms with E-state index in [2.05, 4.69) is 25.5 Å². The second-order valence-corrected chi connectivity index (χ2v) is 7.33. The summed E-state index contributed by atoms with van der Waals surface area (Å²) in [5.74, 6) is -0.0913. The molecule has 0 spiro atoms. The van der Waals surface area contributed by atoms with Crippen LogP contribution in [0.3, 0.4) is 0 Å².